The van der Waals surface area contributed by atoms with Gasteiger partial charge in [-0.05, 0) is 12.1 Å². The van der Waals surface area contributed by atoms with Crippen LogP contribution in [-0.2, 0) is 0 Å². The number of hydrogen-bond acceptors (Lipinski definition) is 2. The molecule has 1 atom stereocenters. The van der Waals surface area contributed by atoms with Gasteiger partial charge in [0.05, 0.1) is 10.7 Å². The minimum Gasteiger partial charge on any atom is -0.371 e. The topological polar surface area (TPSA) is 16.1 Å². The number of hydrogen-bond donors (Lipinski definition) is 0. The lowest BCUT2D eigenvalue weighted by Gasteiger charge is -2.18. The molecule has 13 heavy (non-hydrogen) atoms. The summed E-state index contributed by atoms with van der Waals surface area (Å²) in [5, 5.41) is 0. The number of halogens is 1. The van der Waals surface area contributed by atoms with Gasteiger partial charge in [-0.2, -0.15) is 0 Å². The van der Waals surface area contributed by atoms with Crippen molar-refractivity contribution >= 4 is 39.8 Å². The first kappa shape index (κ1) is 10.8. The van der Waals surface area contributed by atoms with Crippen molar-refractivity contribution in [1.82, 2.24) is 9.88 Å². The zero-order valence-electron chi connectivity index (χ0n) is 7.57. The molecule has 0 aliphatic rings. The van der Waals surface area contributed by atoms with Crippen LogP contribution in [0.25, 0.3) is 0 Å². The highest BCUT2D eigenvalue weighted by Gasteiger charge is 2.15. The van der Waals surface area contributed by atoms with E-state index in [1.807, 2.05) is 37.2 Å². The zero-order chi connectivity index (χ0) is 9.84. The van der Waals surface area contributed by atoms with Gasteiger partial charge in [0.15, 0.2) is 0 Å². The molecule has 0 amide bonds. The van der Waals surface area contributed by atoms with E-state index in [2.05, 4.69) is 27.6 Å². The second-order valence-corrected chi connectivity index (χ2v) is 4.51. The summed E-state index contributed by atoms with van der Waals surface area (Å²) in [5.74, 6) is 0. The van der Waals surface area contributed by atoms with E-state index < -0.39 is 0 Å². The van der Waals surface area contributed by atoms with Gasteiger partial charge in [-0.25, -0.2) is 0 Å². The van der Waals surface area contributed by atoms with Crippen LogP contribution in [0.2, 0.25) is 0 Å². The number of nitrogens with zero attached hydrogens (tertiary/aromatic N) is 2. The maximum absolute atomic E-state index is 5.26. The van der Waals surface area contributed by atoms with Crippen LogP contribution in [0.15, 0.2) is 24.4 Å². The maximum Gasteiger partial charge on any atom is 0.103 e. The van der Waals surface area contributed by atoms with Crippen molar-refractivity contribution in [3.05, 3.63) is 30.1 Å². The van der Waals surface area contributed by atoms with Crippen LogP contribution in [0.4, 0.5) is 0 Å². The second-order valence-electron chi connectivity index (χ2n) is 2.85. The molecule has 70 valence electrons. The fraction of sp³-hybridized carbons (Fsp3) is 0.333. The molecular weight excluding hydrogens is 295 g/mol. The standard InChI is InChI=1S/C9H11IN2S/c1-12(2)9(13)8(10)7-5-3-4-6-11-7/h3-6,8H,1-2H3. The molecule has 1 aromatic heterocycles. The lowest BCUT2D eigenvalue weighted by molar-refractivity contribution is 0.623. The minimum absolute atomic E-state index is 0.184. The molecule has 4 heteroatoms. The van der Waals surface area contributed by atoms with Crippen LogP contribution in [0.3, 0.4) is 0 Å². The molecule has 2 nitrogen and oxygen atoms in total. The lowest BCUT2D eigenvalue weighted by Crippen LogP contribution is -2.23. The Labute approximate surface area is 97.5 Å². The molecule has 0 saturated heterocycles. The van der Waals surface area contributed by atoms with Gasteiger partial charge in [0, 0.05) is 20.3 Å². The largest absolute Gasteiger partial charge is 0.371 e. The summed E-state index contributed by atoms with van der Waals surface area (Å²) in [6.45, 7) is 0. The average Bonchev–Trinajstić information content (AvgIpc) is 2.17. The summed E-state index contributed by atoms with van der Waals surface area (Å²) in [6, 6.07) is 5.88. The van der Waals surface area contributed by atoms with Gasteiger partial charge >= 0.3 is 0 Å². The Morgan fingerprint density at radius 3 is 2.69 bits per heavy atom. The number of likely N-dealkylation sites (N-methyl/N-ethyl adjacent to an activating group) is 1. The number of aromatic nitrogens is 1. The summed E-state index contributed by atoms with van der Waals surface area (Å²) >= 11 is 7.56. The summed E-state index contributed by atoms with van der Waals surface area (Å²) < 4.78 is 0.184. The van der Waals surface area contributed by atoms with Gasteiger partial charge in [-0.3, -0.25) is 4.98 Å². The Kier molecular flexibility index (Phi) is 4.05. The number of alkyl halides is 1. The van der Waals surface area contributed by atoms with Crippen molar-refractivity contribution in [1.29, 1.82) is 0 Å². The maximum atomic E-state index is 5.26. The van der Waals surface area contributed by atoms with E-state index in [1.165, 1.54) is 0 Å². The summed E-state index contributed by atoms with van der Waals surface area (Å²) in [5.41, 5.74) is 1.02. The van der Waals surface area contributed by atoms with Gasteiger partial charge in [0.25, 0.3) is 0 Å². The Balaban J connectivity index is 2.80. The highest BCUT2D eigenvalue weighted by molar-refractivity contribution is 14.1. The first-order chi connectivity index (χ1) is 6.13. The highest BCUT2D eigenvalue weighted by atomic mass is 127. The van der Waals surface area contributed by atoms with Crippen molar-refractivity contribution in [3.8, 4) is 0 Å². The molecule has 1 unspecified atom stereocenters. The van der Waals surface area contributed by atoms with E-state index in [0.717, 1.165) is 10.7 Å². The van der Waals surface area contributed by atoms with E-state index in [0.29, 0.717) is 0 Å². The molecule has 1 rings (SSSR count). The molecule has 1 aromatic rings. The predicted molar refractivity (Wildman–Crippen MR) is 67.3 cm³/mol. The van der Waals surface area contributed by atoms with Crippen molar-refractivity contribution in [2.45, 2.75) is 3.92 Å². The quantitative estimate of drug-likeness (QED) is 0.474. The number of rotatable bonds is 2. The molecule has 0 aliphatic heterocycles. The monoisotopic (exact) mass is 306 g/mol. The van der Waals surface area contributed by atoms with Gasteiger partial charge in [-0.1, -0.05) is 40.9 Å². The summed E-state index contributed by atoms with van der Waals surface area (Å²) in [6.07, 6.45) is 1.79. The third kappa shape index (κ3) is 2.87. The number of pyridine rings is 1. The Morgan fingerprint density at radius 2 is 2.23 bits per heavy atom. The summed E-state index contributed by atoms with van der Waals surface area (Å²) in [7, 11) is 3.91. The van der Waals surface area contributed by atoms with Gasteiger partial charge in [-0.15, -0.1) is 0 Å². The molecule has 0 N–H and O–H groups in total. The Hall–Kier alpha value is -0.230. The highest BCUT2D eigenvalue weighted by Crippen LogP contribution is 2.23. The van der Waals surface area contributed by atoms with Crippen LogP contribution in [0.1, 0.15) is 9.62 Å². The predicted octanol–water partition coefficient (Wildman–Crippen LogP) is 2.45. The third-order valence-electron chi connectivity index (χ3n) is 1.61. The molecule has 1 heterocycles. The first-order valence-corrected chi connectivity index (χ1v) is 5.54. The van der Waals surface area contributed by atoms with Gasteiger partial charge in [0.1, 0.15) is 3.92 Å². The van der Waals surface area contributed by atoms with Crippen molar-refractivity contribution in [3.63, 3.8) is 0 Å². The molecule has 0 radical (unpaired) electrons. The molecule has 0 saturated carbocycles. The smallest absolute Gasteiger partial charge is 0.103 e. The fourth-order valence-electron chi connectivity index (χ4n) is 0.879. The summed E-state index contributed by atoms with van der Waals surface area (Å²) in [4.78, 5) is 7.11. The number of thiocarbonyl (C=S) groups is 1. The fourth-order valence-corrected chi connectivity index (χ4v) is 1.93. The van der Waals surface area contributed by atoms with E-state index in [-0.39, 0.29) is 3.92 Å². The van der Waals surface area contributed by atoms with Crippen LogP contribution in [-0.4, -0.2) is 29.0 Å². The SMILES string of the molecule is CN(C)C(=S)C(I)c1ccccn1. The molecule has 0 spiro atoms. The van der Waals surface area contributed by atoms with Crippen molar-refractivity contribution in [2.75, 3.05) is 14.1 Å². The molecule has 0 bridgehead atoms. The van der Waals surface area contributed by atoms with E-state index in [1.54, 1.807) is 6.20 Å². The molecular formula is C9H11IN2S. The van der Waals surface area contributed by atoms with Crippen LogP contribution in [0, 0.1) is 0 Å². The normalized spacial score (nSPS) is 12.2. The van der Waals surface area contributed by atoms with Crippen LogP contribution < -0.4 is 0 Å². The minimum atomic E-state index is 0.184. The van der Waals surface area contributed by atoms with Crippen molar-refractivity contribution in [2.24, 2.45) is 0 Å². The van der Waals surface area contributed by atoms with E-state index >= 15 is 0 Å². The van der Waals surface area contributed by atoms with Crippen LogP contribution >= 0.6 is 34.8 Å². The molecule has 0 aromatic carbocycles. The van der Waals surface area contributed by atoms with Gasteiger partial charge < -0.3 is 4.90 Å². The molecule has 0 fully saturated rings. The van der Waals surface area contributed by atoms with Crippen LogP contribution in [0.5, 0.6) is 0 Å². The third-order valence-corrected chi connectivity index (χ3v) is 3.86. The Morgan fingerprint density at radius 1 is 1.54 bits per heavy atom. The average molecular weight is 306 g/mol. The van der Waals surface area contributed by atoms with Gasteiger partial charge in [0.2, 0.25) is 0 Å². The zero-order valence-corrected chi connectivity index (χ0v) is 10.5. The Bertz CT molecular complexity index is 287. The van der Waals surface area contributed by atoms with Crippen molar-refractivity contribution < 1.29 is 0 Å². The molecule has 0 aliphatic carbocycles. The van der Waals surface area contributed by atoms with E-state index in [4.69, 9.17) is 12.2 Å². The first-order valence-electron chi connectivity index (χ1n) is 3.89. The lowest BCUT2D eigenvalue weighted by atomic mass is 10.2. The second kappa shape index (κ2) is 4.85. The van der Waals surface area contributed by atoms with E-state index in [9.17, 15) is 0 Å².